The normalized spacial score (nSPS) is 12.4. The van der Waals surface area contributed by atoms with Crippen LogP contribution in [0.2, 0.25) is 0 Å². The highest BCUT2D eigenvalue weighted by molar-refractivity contribution is 6.25. The number of carboxylic acid groups (broad SMARTS) is 2. The average molecular weight is 515 g/mol. The molecular weight excluding hydrogens is 484 g/mol. The van der Waals surface area contributed by atoms with E-state index in [9.17, 15) is 5.26 Å². The van der Waals surface area contributed by atoms with Gasteiger partial charge >= 0.3 is 0 Å². The number of carboxylic acids is 2. The fourth-order valence-electron chi connectivity index (χ4n) is 4.85. The molecular formula is C30H30N2O6-2. The molecule has 0 aromatic heterocycles. The topological polar surface area (TPSA) is 126 Å². The summed E-state index contributed by atoms with van der Waals surface area (Å²) in [6.07, 6.45) is 2.71. The summed E-state index contributed by atoms with van der Waals surface area (Å²) in [6.45, 7) is 1.89. The fourth-order valence-corrected chi connectivity index (χ4v) is 4.85. The first-order valence-electron chi connectivity index (χ1n) is 12.2. The number of benzene rings is 3. The van der Waals surface area contributed by atoms with Crippen molar-refractivity contribution in [2.24, 2.45) is 0 Å². The Balaban J connectivity index is 0.000000599. The first-order chi connectivity index (χ1) is 18.3. The van der Waals surface area contributed by atoms with Crippen LogP contribution < -0.4 is 19.7 Å². The largest absolute Gasteiger partial charge is 0.543 e. The van der Waals surface area contributed by atoms with E-state index >= 15 is 0 Å². The maximum absolute atomic E-state index is 10.3. The van der Waals surface area contributed by atoms with E-state index in [0.717, 1.165) is 55.0 Å². The third-order valence-electron chi connectivity index (χ3n) is 6.74. The smallest absolute Gasteiger partial charge is 0.160 e. The molecule has 8 nitrogen and oxygen atoms in total. The summed E-state index contributed by atoms with van der Waals surface area (Å²) in [5.41, 5.74) is 5.37. The Labute approximate surface area is 222 Å². The van der Waals surface area contributed by atoms with Gasteiger partial charge in [-0.15, -0.1) is 0 Å². The monoisotopic (exact) mass is 514 g/mol. The number of methoxy groups -OCH3 is 2. The Hall–Kier alpha value is -4.35. The van der Waals surface area contributed by atoms with Crippen LogP contribution in [0.15, 0.2) is 66.7 Å². The standard InChI is InChI=1S/C28H30N2O2.C2H2O4/c1-30(18-15-21-13-14-26(31-2)27(19-21)32-3)17-8-16-28(20-29)24-11-6-4-9-22(24)23-10-5-7-12-25(23)28;3-1(4)2(5)6/h4-7,9-14,19H,8,15-18H2,1-3H3;(H,3,4)(H,5,6)/p-2. The van der Waals surface area contributed by atoms with Gasteiger partial charge in [-0.3, -0.25) is 0 Å². The predicted molar refractivity (Wildman–Crippen MR) is 138 cm³/mol. The summed E-state index contributed by atoms with van der Waals surface area (Å²) < 4.78 is 10.7. The van der Waals surface area contributed by atoms with Gasteiger partial charge in [0.2, 0.25) is 0 Å². The molecule has 0 aliphatic heterocycles. The van der Waals surface area contributed by atoms with Crippen molar-refractivity contribution >= 4 is 11.9 Å². The molecule has 198 valence electrons. The van der Waals surface area contributed by atoms with Gasteiger partial charge < -0.3 is 34.2 Å². The Morgan fingerprint density at radius 1 is 0.868 bits per heavy atom. The van der Waals surface area contributed by atoms with Gasteiger partial charge in [0.25, 0.3) is 0 Å². The molecule has 4 rings (SSSR count). The second-order valence-electron chi connectivity index (χ2n) is 9.03. The SMILES string of the molecule is COc1ccc(CCN(C)CCCC2(C#N)c3ccccc3-c3ccccc32)cc1OC.O=C([O-])C(=O)[O-]. The van der Waals surface area contributed by atoms with Crippen molar-refractivity contribution in [1.82, 2.24) is 4.90 Å². The number of nitrogens with zero attached hydrogens (tertiary/aromatic N) is 2. The van der Waals surface area contributed by atoms with E-state index in [-0.39, 0.29) is 0 Å². The van der Waals surface area contributed by atoms with Gasteiger partial charge in [-0.1, -0.05) is 54.6 Å². The van der Waals surface area contributed by atoms with E-state index in [0.29, 0.717) is 0 Å². The molecule has 1 aliphatic rings. The number of likely N-dealkylation sites (N-methyl/N-ethyl adjacent to an activating group) is 1. The lowest BCUT2D eigenvalue weighted by Gasteiger charge is -2.25. The maximum Gasteiger partial charge on any atom is 0.160 e. The van der Waals surface area contributed by atoms with E-state index in [1.54, 1.807) is 14.2 Å². The number of carbonyl (C=O) groups excluding carboxylic acids is 2. The van der Waals surface area contributed by atoms with Crippen molar-refractivity contribution in [3.63, 3.8) is 0 Å². The molecule has 38 heavy (non-hydrogen) atoms. The Kier molecular flexibility index (Phi) is 9.47. The number of fused-ring (bicyclic) bond motifs is 3. The fraction of sp³-hybridized carbons (Fsp3) is 0.300. The van der Waals surface area contributed by atoms with Crippen LogP contribution in [-0.4, -0.2) is 51.2 Å². The van der Waals surface area contributed by atoms with Crippen LogP contribution in [-0.2, 0) is 21.4 Å². The van der Waals surface area contributed by atoms with Crippen LogP contribution in [0.4, 0.5) is 0 Å². The molecule has 0 saturated heterocycles. The van der Waals surface area contributed by atoms with E-state index in [1.807, 2.05) is 24.3 Å². The molecule has 0 spiro atoms. The average Bonchev–Trinajstić information content (AvgIpc) is 3.22. The summed E-state index contributed by atoms with van der Waals surface area (Å²) in [5.74, 6) is -2.85. The zero-order valence-electron chi connectivity index (χ0n) is 21.7. The van der Waals surface area contributed by atoms with Crippen LogP contribution in [0, 0.1) is 11.3 Å². The molecule has 0 amide bonds. The van der Waals surface area contributed by atoms with Gasteiger partial charge in [0.05, 0.1) is 32.2 Å². The molecule has 1 aliphatic carbocycles. The second-order valence-corrected chi connectivity index (χ2v) is 9.03. The number of hydrogen-bond acceptors (Lipinski definition) is 8. The molecule has 3 aromatic rings. The van der Waals surface area contributed by atoms with Crippen molar-refractivity contribution in [3.05, 3.63) is 83.4 Å². The highest BCUT2D eigenvalue weighted by atomic mass is 16.5. The van der Waals surface area contributed by atoms with Crippen molar-refractivity contribution in [1.29, 1.82) is 5.26 Å². The minimum absolute atomic E-state index is 0.558. The Morgan fingerprint density at radius 3 is 1.92 bits per heavy atom. The zero-order valence-corrected chi connectivity index (χ0v) is 21.7. The molecule has 3 aromatic carbocycles. The summed E-state index contributed by atoms with van der Waals surface area (Å²) in [5, 5.41) is 28.2. The lowest BCUT2D eigenvalue weighted by atomic mass is 9.76. The molecule has 8 heteroatoms. The third kappa shape index (κ3) is 6.13. The van der Waals surface area contributed by atoms with Crippen LogP contribution >= 0.6 is 0 Å². The zero-order chi connectivity index (χ0) is 27.7. The summed E-state index contributed by atoms with van der Waals surface area (Å²) >= 11 is 0. The molecule has 0 heterocycles. The first kappa shape index (κ1) is 28.2. The van der Waals surface area contributed by atoms with Crippen LogP contribution in [0.5, 0.6) is 11.5 Å². The lowest BCUT2D eigenvalue weighted by molar-refractivity contribution is -0.345. The molecule has 0 radical (unpaired) electrons. The molecule has 0 saturated carbocycles. The molecule has 0 atom stereocenters. The second kappa shape index (κ2) is 12.7. The molecule has 0 N–H and O–H groups in total. The van der Waals surface area contributed by atoms with Crippen LogP contribution in [0.25, 0.3) is 11.1 Å². The number of carbonyl (C=O) groups is 2. The molecule has 0 bridgehead atoms. The van der Waals surface area contributed by atoms with Gasteiger partial charge in [0.15, 0.2) is 11.5 Å². The van der Waals surface area contributed by atoms with Crippen LogP contribution in [0.1, 0.15) is 29.5 Å². The lowest BCUT2D eigenvalue weighted by Crippen LogP contribution is -2.42. The Bertz CT molecular complexity index is 1270. The van der Waals surface area contributed by atoms with Crippen LogP contribution in [0.3, 0.4) is 0 Å². The number of ether oxygens (including phenoxy) is 2. The first-order valence-corrected chi connectivity index (χ1v) is 12.2. The molecule has 0 fully saturated rings. The van der Waals surface area contributed by atoms with E-state index < -0.39 is 17.4 Å². The molecule has 0 unspecified atom stereocenters. The highest BCUT2D eigenvalue weighted by Crippen LogP contribution is 2.50. The summed E-state index contributed by atoms with van der Waals surface area (Å²) in [7, 11) is 5.47. The minimum Gasteiger partial charge on any atom is -0.543 e. The van der Waals surface area contributed by atoms with Gasteiger partial charge in [0.1, 0.15) is 5.41 Å². The van der Waals surface area contributed by atoms with E-state index in [2.05, 4.69) is 60.5 Å². The van der Waals surface area contributed by atoms with Gasteiger partial charge in [-0.25, -0.2) is 0 Å². The van der Waals surface area contributed by atoms with E-state index in [4.69, 9.17) is 29.3 Å². The predicted octanol–water partition coefficient (Wildman–Crippen LogP) is 1.93. The Morgan fingerprint density at radius 2 is 1.42 bits per heavy atom. The van der Waals surface area contributed by atoms with Gasteiger partial charge in [-0.05, 0) is 72.8 Å². The number of hydrogen-bond donors (Lipinski definition) is 0. The van der Waals surface area contributed by atoms with Gasteiger partial charge in [0, 0.05) is 6.54 Å². The minimum atomic E-state index is -2.19. The van der Waals surface area contributed by atoms with Gasteiger partial charge in [-0.2, -0.15) is 5.26 Å². The van der Waals surface area contributed by atoms with Crippen molar-refractivity contribution < 1.29 is 29.3 Å². The van der Waals surface area contributed by atoms with Crippen molar-refractivity contribution in [2.75, 3.05) is 34.4 Å². The number of nitriles is 1. The maximum atomic E-state index is 10.3. The summed E-state index contributed by atoms with van der Waals surface area (Å²) in [4.78, 5) is 20.2. The van der Waals surface area contributed by atoms with Crippen molar-refractivity contribution in [2.45, 2.75) is 24.7 Å². The third-order valence-corrected chi connectivity index (χ3v) is 6.74. The summed E-state index contributed by atoms with van der Waals surface area (Å²) in [6, 6.07) is 25.5. The number of aliphatic carboxylic acids is 2. The number of rotatable bonds is 9. The van der Waals surface area contributed by atoms with Crippen molar-refractivity contribution in [3.8, 4) is 28.7 Å². The highest BCUT2D eigenvalue weighted by Gasteiger charge is 2.42. The quantitative estimate of drug-likeness (QED) is 0.397. The van der Waals surface area contributed by atoms with E-state index in [1.165, 1.54) is 16.7 Å².